The molecule has 3 rings (SSSR count). The number of carbonyl (C=O) groups is 2. The average molecular weight is 434 g/mol. The largest absolute Gasteiger partial charge is 0.497 e. The number of ether oxygens (including phenoxy) is 4. The highest BCUT2D eigenvalue weighted by atomic mass is 16.6. The second-order valence-corrected chi connectivity index (χ2v) is 6.46. The molecule has 0 bridgehead atoms. The highest BCUT2D eigenvalue weighted by Gasteiger charge is 2.13. The van der Waals surface area contributed by atoms with E-state index in [9.17, 15) is 9.59 Å². The van der Waals surface area contributed by atoms with Gasteiger partial charge < -0.3 is 18.9 Å². The van der Waals surface area contributed by atoms with E-state index >= 15 is 0 Å². The number of methoxy groups -OCH3 is 3. The Morgan fingerprint density at radius 2 is 1.53 bits per heavy atom. The fourth-order valence-electron chi connectivity index (χ4n) is 2.73. The molecule has 1 amide bonds. The molecule has 8 heteroatoms. The number of hydrazone groups is 1. The first-order chi connectivity index (χ1) is 15.5. The number of carbonyl (C=O) groups excluding carboxylic acids is 2. The fraction of sp³-hybridized carbons (Fsp3) is 0.125. The lowest BCUT2D eigenvalue weighted by Crippen LogP contribution is -2.17. The van der Waals surface area contributed by atoms with Crippen molar-refractivity contribution in [3.63, 3.8) is 0 Å². The van der Waals surface area contributed by atoms with Crippen LogP contribution in [0.25, 0.3) is 0 Å². The molecule has 0 heterocycles. The summed E-state index contributed by atoms with van der Waals surface area (Å²) < 4.78 is 21.0. The van der Waals surface area contributed by atoms with Gasteiger partial charge in [0, 0.05) is 5.56 Å². The normalized spacial score (nSPS) is 10.5. The minimum atomic E-state index is -0.530. The number of esters is 1. The van der Waals surface area contributed by atoms with Gasteiger partial charge in [-0.05, 0) is 66.2 Å². The van der Waals surface area contributed by atoms with E-state index in [1.807, 2.05) is 0 Å². The number of hydrogen-bond donors (Lipinski definition) is 1. The molecule has 0 fully saturated rings. The van der Waals surface area contributed by atoms with Gasteiger partial charge in [-0.3, -0.25) is 4.79 Å². The molecule has 0 atom stereocenters. The van der Waals surface area contributed by atoms with E-state index in [-0.39, 0.29) is 11.7 Å². The van der Waals surface area contributed by atoms with Crippen LogP contribution in [0.3, 0.4) is 0 Å². The second-order valence-electron chi connectivity index (χ2n) is 6.46. The standard InChI is InChI=1S/C24H22N2O6/c1-29-19-10-8-17(9-11-19)24(28)32-21-12-7-16(13-22(21)31-3)15-25-26-23(27)18-5-4-6-20(14-18)30-2/h4-15H,1-3H3,(H,26,27)/b25-15+. The molecule has 164 valence electrons. The molecule has 0 aromatic heterocycles. The lowest BCUT2D eigenvalue weighted by molar-refractivity contribution is 0.0729. The first kappa shape index (κ1) is 22.4. The van der Waals surface area contributed by atoms with E-state index < -0.39 is 5.97 Å². The summed E-state index contributed by atoms with van der Waals surface area (Å²) in [7, 11) is 4.54. The molecule has 0 aliphatic heterocycles. The van der Waals surface area contributed by atoms with Crippen molar-refractivity contribution in [2.75, 3.05) is 21.3 Å². The third kappa shape index (κ3) is 5.63. The first-order valence-corrected chi connectivity index (χ1v) is 9.55. The minimum Gasteiger partial charge on any atom is -0.497 e. The predicted octanol–water partition coefficient (Wildman–Crippen LogP) is 3.70. The van der Waals surface area contributed by atoms with E-state index in [0.717, 1.165) is 0 Å². The van der Waals surface area contributed by atoms with Gasteiger partial charge in [0.15, 0.2) is 11.5 Å². The average Bonchev–Trinajstić information content (AvgIpc) is 2.84. The lowest BCUT2D eigenvalue weighted by atomic mass is 10.2. The molecule has 0 aliphatic carbocycles. The van der Waals surface area contributed by atoms with Crippen LogP contribution in [-0.2, 0) is 0 Å². The van der Waals surface area contributed by atoms with Crippen LogP contribution in [0.2, 0.25) is 0 Å². The monoisotopic (exact) mass is 434 g/mol. The molecule has 1 N–H and O–H groups in total. The van der Waals surface area contributed by atoms with Gasteiger partial charge in [-0.15, -0.1) is 0 Å². The van der Waals surface area contributed by atoms with Crippen molar-refractivity contribution in [1.82, 2.24) is 5.43 Å². The van der Waals surface area contributed by atoms with Gasteiger partial charge in [0.1, 0.15) is 11.5 Å². The molecule has 32 heavy (non-hydrogen) atoms. The molecule has 0 radical (unpaired) electrons. The van der Waals surface area contributed by atoms with Crippen molar-refractivity contribution < 1.29 is 28.5 Å². The van der Waals surface area contributed by atoms with E-state index in [0.29, 0.717) is 33.9 Å². The Bertz CT molecular complexity index is 1130. The van der Waals surface area contributed by atoms with Crippen LogP contribution < -0.4 is 24.4 Å². The second kappa shape index (κ2) is 10.6. The topological polar surface area (TPSA) is 95.5 Å². The number of nitrogens with zero attached hydrogens (tertiary/aromatic N) is 1. The molecule has 3 aromatic carbocycles. The molecule has 8 nitrogen and oxygen atoms in total. The van der Waals surface area contributed by atoms with Gasteiger partial charge in [-0.2, -0.15) is 5.10 Å². The van der Waals surface area contributed by atoms with E-state index in [4.69, 9.17) is 18.9 Å². The highest BCUT2D eigenvalue weighted by Crippen LogP contribution is 2.28. The van der Waals surface area contributed by atoms with Gasteiger partial charge in [-0.1, -0.05) is 6.07 Å². The summed E-state index contributed by atoms with van der Waals surface area (Å²) in [5.74, 6) is 0.906. The van der Waals surface area contributed by atoms with E-state index in [1.54, 1.807) is 73.8 Å². The Kier molecular flexibility index (Phi) is 7.42. The van der Waals surface area contributed by atoms with Gasteiger partial charge in [-0.25, -0.2) is 10.2 Å². The first-order valence-electron chi connectivity index (χ1n) is 9.55. The SMILES string of the molecule is COc1ccc(C(=O)Oc2ccc(/C=N/NC(=O)c3cccc(OC)c3)cc2OC)cc1. The van der Waals surface area contributed by atoms with Crippen LogP contribution in [0.15, 0.2) is 71.8 Å². The molecule has 0 saturated heterocycles. The summed E-state index contributed by atoms with van der Waals surface area (Å²) in [5, 5.41) is 3.96. The zero-order valence-electron chi connectivity index (χ0n) is 17.8. The van der Waals surface area contributed by atoms with Gasteiger partial charge >= 0.3 is 5.97 Å². The van der Waals surface area contributed by atoms with Crippen LogP contribution in [0.5, 0.6) is 23.0 Å². The Labute approximate surface area is 185 Å². The van der Waals surface area contributed by atoms with Crippen LogP contribution >= 0.6 is 0 Å². The fourth-order valence-corrected chi connectivity index (χ4v) is 2.73. The molecular weight excluding hydrogens is 412 g/mol. The molecule has 0 spiro atoms. The smallest absolute Gasteiger partial charge is 0.343 e. The third-order valence-corrected chi connectivity index (χ3v) is 4.43. The van der Waals surface area contributed by atoms with Crippen molar-refractivity contribution >= 4 is 18.1 Å². The third-order valence-electron chi connectivity index (χ3n) is 4.43. The summed E-state index contributed by atoms with van der Waals surface area (Å²) in [5.41, 5.74) is 3.88. The molecule has 0 aliphatic rings. The number of nitrogens with one attached hydrogen (secondary N) is 1. The highest BCUT2D eigenvalue weighted by molar-refractivity contribution is 5.95. The number of benzene rings is 3. The summed E-state index contributed by atoms with van der Waals surface area (Å²) in [4.78, 5) is 24.6. The van der Waals surface area contributed by atoms with Gasteiger partial charge in [0.25, 0.3) is 5.91 Å². The van der Waals surface area contributed by atoms with Crippen LogP contribution in [0.1, 0.15) is 26.3 Å². The summed E-state index contributed by atoms with van der Waals surface area (Å²) in [6, 6.07) is 18.2. The Morgan fingerprint density at radius 1 is 0.781 bits per heavy atom. The molecular formula is C24H22N2O6. The number of amides is 1. The lowest BCUT2D eigenvalue weighted by Gasteiger charge is -2.10. The number of hydrogen-bond acceptors (Lipinski definition) is 7. The van der Waals surface area contributed by atoms with Gasteiger partial charge in [0.2, 0.25) is 0 Å². The van der Waals surface area contributed by atoms with Gasteiger partial charge in [0.05, 0.1) is 33.1 Å². The minimum absolute atomic E-state index is 0.255. The maximum Gasteiger partial charge on any atom is 0.343 e. The Hall–Kier alpha value is -4.33. The Morgan fingerprint density at radius 3 is 2.22 bits per heavy atom. The summed E-state index contributed by atoms with van der Waals surface area (Å²) in [6.07, 6.45) is 1.45. The maximum atomic E-state index is 12.4. The van der Waals surface area contributed by atoms with Crippen molar-refractivity contribution in [2.45, 2.75) is 0 Å². The predicted molar refractivity (Wildman–Crippen MR) is 119 cm³/mol. The molecule has 0 unspecified atom stereocenters. The summed E-state index contributed by atoms with van der Waals surface area (Å²) in [6.45, 7) is 0. The van der Waals surface area contributed by atoms with Crippen molar-refractivity contribution in [1.29, 1.82) is 0 Å². The van der Waals surface area contributed by atoms with Crippen LogP contribution in [-0.4, -0.2) is 39.4 Å². The van der Waals surface area contributed by atoms with Crippen LogP contribution in [0.4, 0.5) is 0 Å². The quantitative estimate of drug-likeness (QED) is 0.251. The summed E-state index contributed by atoms with van der Waals surface area (Å²) >= 11 is 0. The zero-order valence-corrected chi connectivity index (χ0v) is 17.8. The zero-order chi connectivity index (χ0) is 22.9. The van der Waals surface area contributed by atoms with Crippen molar-refractivity contribution in [3.8, 4) is 23.0 Å². The number of rotatable bonds is 8. The van der Waals surface area contributed by atoms with Crippen molar-refractivity contribution in [2.24, 2.45) is 5.10 Å². The maximum absolute atomic E-state index is 12.4. The van der Waals surface area contributed by atoms with E-state index in [2.05, 4.69) is 10.5 Å². The van der Waals surface area contributed by atoms with E-state index in [1.165, 1.54) is 20.4 Å². The molecule has 0 saturated carbocycles. The molecule has 3 aromatic rings. The van der Waals surface area contributed by atoms with Crippen molar-refractivity contribution in [3.05, 3.63) is 83.4 Å². The van der Waals surface area contributed by atoms with Crippen LogP contribution in [0, 0.1) is 0 Å². The Balaban J connectivity index is 1.66.